The molecule has 156 valence electrons. The molecule has 7 heteroatoms. The zero-order valence-corrected chi connectivity index (χ0v) is 17.1. The van der Waals surface area contributed by atoms with Crippen LogP contribution in [-0.4, -0.2) is 49.4 Å². The van der Waals surface area contributed by atoms with E-state index in [1.54, 1.807) is 14.2 Å². The summed E-state index contributed by atoms with van der Waals surface area (Å²) < 4.78 is 10.6. The van der Waals surface area contributed by atoms with E-state index < -0.39 is 0 Å². The fourth-order valence-electron chi connectivity index (χ4n) is 3.35. The van der Waals surface area contributed by atoms with Gasteiger partial charge in [0.2, 0.25) is 0 Å². The molecule has 0 bridgehead atoms. The molecule has 29 heavy (non-hydrogen) atoms. The van der Waals surface area contributed by atoms with Gasteiger partial charge in [0, 0.05) is 25.7 Å². The van der Waals surface area contributed by atoms with E-state index in [1.807, 2.05) is 18.2 Å². The summed E-state index contributed by atoms with van der Waals surface area (Å²) in [5.74, 6) is 1.69. The molecule has 0 unspecified atom stereocenters. The van der Waals surface area contributed by atoms with Gasteiger partial charge in [-0.3, -0.25) is 4.90 Å². The van der Waals surface area contributed by atoms with Gasteiger partial charge in [0.15, 0.2) is 5.96 Å². The van der Waals surface area contributed by atoms with Crippen LogP contribution in [0.4, 0.5) is 5.69 Å². The van der Waals surface area contributed by atoms with E-state index >= 15 is 0 Å². The largest absolute Gasteiger partial charge is 0.497 e. The maximum atomic E-state index is 9.61. The number of hydrogen-bond acceptors (Lipinski definition) is 5. The van der Waals surface area contributed by atoms with Crippen LogP contribution >= 0.6 is 0 Å². The van der Waals surface area contributed by atoms with Crippen LogP contribution in [0.1, 0.15) is 24.0 Å². The number of anilines is 1. The number of aliphatic imine (C=N–C) groups is 1. The number of hydrogen-bond donors (Lipinski definition) is 3. The van der Waals surface area contributed by atoms with Crippen molar-refractivity contribution in [2.45, 2.75) is 32.0 Å². The average Bonchev–Trinajstić information content (AvgIpc) is 2.75. The van der Waals surface area contributed by atoms with Crippen LogP contribution in [-0.2, 0) is 13.1 Å². The van der Waals surface area contributed by atoms with Gasteiger partial charge in [-0.25, -0.2) is 4.99 Å². The molecule has 4 N–H and O–H groups in total. The summed E-state index contributed by atoms with van der Waals surface area (Å²) in [7, 11) is 3.22. The molecule has 1 aliphatic heterocycles. The SMILES string of the molecule is COc1ccc(OC)c(NC(N)=NCc2ccc(CN3CCC(O)CC3)cc2)c1. The maximum Gasteiger partial charge on any atom is 0.193 e. The minimum absolute atomic E-state index is 0.137. The van der Waals surface area contributed by atoms with Gasteiger partial charge in [-0.2, -0.15) is 0 Å². The van der Waals surface area contributed by atoms with Crippen LogP contribution in [0.3, 0.4) is 0 Å². The first-order valence-corrected chi connectivity index (χ1v) is 9.84. The first-order valence-electron chi connectivity index (χ1n) is 9.84. The lowest BCUT2D eigenvalue weighted by atomic mass is 10.1. The van der Waals surface area contributed by atoms with Crippen molar-refractivity contribution in [2.24, 2.45) is 10.7 Å². The van der Waals surface area contributed by atoms with Crippen molar-refractivity contribution >= 4 is 11.6 Å². The Bertz CT molecular complexity index is 815. The number of benzene rings is 2. The highest BCUT2D eigenvalue weighted by Gasteiger charge is 2.16. The van der Waals surface area contributed by atoms with E-state index in [4.69, 9.17) is 15.2 Å². The number of nitrogens with one attached hydrogen (secondary N) is 1. The molecular weight excluding hydrogens is 368 g/mol. The molecule has 3 rings (SSSR count). The molecular formula is C22H30N4O3. The Balaban J connectivity index is 1.55. The Hall–Kier alpha value is -2.77. The highest BCUT2D eigenvalue weighted by Crippen LogP contribution is 2.28. The predicted molar refractivity (Wildman–Crippen MR) is 115 cm³/mol. The molecule has 0 saturated carbocycles. The lowest BCUT2D eigenvalue weighted by molar-refractivity contribution is 0.0792. The molecule has 1 fully saturated rings. The number of likely N-dealkylation sites (tertiary alicyclic amines) is 1. The van der Waals surface area contributed by atoms with E-state index in [9.17, 15) is 5.11 Å². The molecule has 1 aliphatic rings. The second-order valence-electron chi connectivity index (χ2n) is 7.22. The molecule has 2 aromatic carbocycles. The van der Waals surface area contributed by atoms with Crippen LogP contribution in [0, 0.1) is 0 Å². The molecule has 0 radical (unpaired) electrons. The number of aliphatic hydroxyl groups is 1. The number of methoxy groups -OCH3 is 2. The van der Waals surface area contributed by atoms with Crippen molar-refractivity contribution in [3.05, 3.63) is 53.6 Å². The molecule has 7 nitrogen and oxygen atoms in total. The van der Waals surface area contributed by atoms with Gasteiger partial charge in [0.05, 0.1) is 32.6 Å². The van der Waals surface area contributed by atoms with Gasteiger partial charge < -0.3 is 25.6 Å². The quantitative estimate of drug-likeness (QED) is 0.490. The Labute approximate surface area is 172 Å². The molecule has 1 heterocycles. The Morgan fingerprint density at radius 2 is 1.79 bits per heavy atom. The summed E-state index contributed by atoms with van der Waals surface area (Å²) in [5, 5.41) is 12.7. The third-order valence-electron chi connectivity index (χ3n) is 5.09. The minimum Gasteiger partial charge on any atom is -0.497 e. The van der Waals surface area contributed by atoms with E-state index in [1.165, 1.54) is 5.56 Å². The van der Waals surface area contributed by atoms with Gasteiger partial charge in [-0.05, 0) is 36.1 Å². The van der Waals surface area contributed by atoms with E-state index in [-0.39, 0.29) is 6.10 Å². The third-order valence-corrected chi connectivity index (χ3v) is 5.09. The van der Waals surface area contributed by atoms with Gasteiger partial charge in [-0.15, -0.1) is 0 Å². The number of aliphatic hydroxyl groups excluding tert-OH is 1. The normalized spacial score (nSPS) is 15.9. The second-order valence-corrected chi connectivity index (χ2v) is 7.22. The van der Waals surface area contributed by atoms with Gasteiger partial charge in [-0.1, -0.05) is 24.3 Å². The predicted octanol–water partition coefficient (Wildman–Crippen LogP) is 2.59. The number of piperidine rings is 1. The molecule has 0 amide bonds. The number of nitrogens with two attached hydrogens (primary N) is 1. The summed E-state index contributed by atoms with van der Waals surface area (Å²) >= 11 is 0. The van der Waals surface area contributed by atoms with Crippen LogP contribution in [0.2, 0.25) is 0 Å². The lowest BCUT2D eigenvalue weighted by Crippen LogP contribution is -2.35. The third kappa shape index (κ3) is 6.10. The fraction of sp³-hybridized carbons (Fsp3) is 0.409. The molecule has 0 aliphatic carbocycles. The van der Waals surface area contributed by atoms with Crippen molar-refractivity contribution in [1.82, 2.24) is 4.90 Å². The molecule has 0 atom stereocenters. The topological polar surface area (TPSA) is 92.3 Å². The number of guanidine groups is 1. The van der Waals surface area contributed by atoms with Gasteiger partial charge >= 0.3 is 0 Å². The Kier molecular flexibility index (Phi) is 7.32. The summed E-state index contributed by atoms with van der Waals surface area (Å²) in [5.41, 5.74) is 9.11. The molecule has 1 saturated heterocycles. The van der Waals surface area contributed by atoms with Crippen LogP contribution < -0.4 is 20.5 Å². The van der Waals surface area contributed by atoms with E-state index in [2.05, 4.69) is 39.5 Å². The van der Waals surface area contributed by atoms with Crippen molar-refractivity contribution in [1.29, 1.82) is 0 Å². The van der Waals surface area contributed by atoms with Crippen LogP contribution in [0.25, 0.3) is 0 Å². The highest BCUT2D eigenvalue weighted by molar-refractivity contribution is 5.94. The zero-order chi connectivity index (χ0) is 20.6. The zero-order valence-electron chi connectivity index (χ0n) is 17.1. The van der Waals surface area contributed by atoms with Crippen molar-refractivity contribution < 1.29 is 14.6 Å². The van der Waals surface area contributed by atoms with E-state index in [0.29, 0.717) is 29.7 Å². The first kappa shape index (κ1) is 21.0. The monoisotopic (exact) mass is 398 g/mol. The fourth-order valence-corrected chi connectivity index (χ4v) is 3.35. The minimum atomic E-state index is -0.137. The smallest absolute Gasteiger partial charge is 0.193 e. The molecule has 0 aromatic heterocycles. The van der Waals surface area contributed by atoms with Crippen molar-refractivity contribution in [3.63, 3.8) is 0 Å². The standard InChI is InChI=1S/C22H30N4O3/c1-28-19-7-8-21(29-2)20(13-19)25-22(23)24-14-16-3-5-17(6-4-16)15-26-11-9-18(27)10-12-26/h3-8,13,18,27H,9-12,14-15H2,1-2H3,(H3,23,24,25). The summed E-state index contributed by atoms with van der Waals surface area (Å²) in [6.45, 7) is 3.29. The number of nitrogens with zero attached hydrogens (tertiary/aromatic N) is 2. The number of rotatable bonds is 7. The summed E-state index contributed by atoms with van der Waals surface area (Å²) in [4.78, 5) is 6.80. The molecule has 0 spiro atoms. The second kappa shape index (κ2) is 10.1. The van der Waals surface area contributed by atoms with Crippen molar-refractivity contribution in [2.75, 3.05) is 32.6 Å². The maximum absolute atomic E-state index is 9.61. The Morgan fingerprint density at radius 3 is 2.45 bits per heavy atom. The van der Waals surface area contributed by atoms with Crippen LogP contribution in [0.5, 0.6) is 11.5 Å². The average molecular weight is 399 g/mol. The first-order chi connectivity index (χ1) is 14.1. The summed E-state index contributed by atoms with van der Waals surface area (Å²) in [6.07, 6.45) is 1.58. The van der Waals surface area contributed by atoms with Gasteiger partial charge in [0.25, 0.3) is 0 Å². The number of ether oxygens (including phenoxy) is 2. The lowest BCUT2D eigenvalue weighted by Gasteiger charge is -2.29. The molecule has 2 aromatic rings. The van der Waals surface area contributed by atoms with Crippen LogP contribution in [0.15, 0.2) is 47.5 Å². The van der Waals surface area contributed by atoms with Crippen molar-refractivity contribution in [3.8, 4) is 11.5 Å². The van der Waals surface area contributed by atoms with E-state index in [0.717, 1.165) is 38.0 Å². The summed E-state index contributed by atoms with van der Waals surface area (Å²) in [6, 6.07) is 13.9. The Morgan fingerprint density at radius 1 is 1.10 bits per heavy atom. The van der Waals surface area contributed by atoms with Gasteiger partial charge in [0.1, 0.15) is 11.5 Å². The highest BCUT2D eigenvalue weighted by atomic mass is 16.5.